The maximum atomic E-state index is 13.2. The van der Waals surface area contributed by atoms with Crippen molar-refractivity contribution in [2.45, 2.75) is 26.1 Å². The highest BCUT2D eigenvalue weighted by molar-refractivity contribution is 6.05. The van der Waals surface area contributed by atoms with Crippen molar-refractivity contribution in [3.8, 4) is 11.5 Å². The number of fused-ring (bicyclic) bond motifs is 1. The summed E-state index contributed by atoms with van der Waals surface area (Å²) in [4.78, 5) is 25.5. The normalized spacial score (nSPS) is 12.6. The van der Waals surface area contributed by atoms with E-state index in [2.05, 4.69) is 10.1 Å². The molecule has 1 amide bonds. The van der Waals surface area contributed by atoms with E-state index in [-0.39, 0.29) is 11.3 Å². The van der Waals surface area contributed by atoms with Crippen molar-refractivity contribution in [2.75, 3.05) is 6.73 Å². The lowest BCUT2D eigenvalue weighted by Gasteiger charge is -2.13. The van der Waals surface area contributed by atoms with Crippen LogP contribution in [-0.4, -0.2) is 39.7 Å². The summed E-state index contributed by atoms with van der Waals surface area (Å²) in [6.07, 6.45) is -4.85. The molecule has 0 fully saturated rings. The number of hydrogen-bond donors (Lipinski definition) is 3. The fourth-order valence-electron chi connectivity index (χ4n) is 3.53. The Bertz CT molecular complexity index is 1140. The molecule has 0 aliphatic carbocycles. The molecular formula is C21H19F3N2O5. The van der Waals surface area contributed by atoms with Crippen molar-refractivity contribution in [3.05, 3.63) is 59.3 Å². The number of amides is 1. The van der Waals surface area contributed by atoms with Crippen LogP contribution in [0.15, 0.2) is 42.5 Å². The number of nitrogens with zero attached hydrogens (tertiary/aromatic N) is 1. The summed E-state index contributed by atoms with van der Waals surface area (Å²) in [6.45, 7) is 2.65. The molecule has 0 radical (unpaired) electrons. The Morgan fingerprint density at radius 3 is 2.39 bits per heavy atom. The van der Waals surface area contributed by atoms with E-state index in [0.717, 1.165) is 12.1 Å². The SMILES string of the molecule is Cc1c([C@@H](C)C(=O)NCO)c2cc(O)ccc2n1C(=O)c1ccc(OC(F)(F)F)cc1. The molecule has 0 aliphatic heterocycles. The van der Waals surface area contributed by atoms with E-state index in [1.165, 1.54) is 34.9 Å². The number of aliphatic hydroxyl groups excluding tert-OH is 1. The van der Waals surface area contributed by atoms with Crippen molar-refractivity contribution in [3.63, 3.8) is 0 Å². The molecule has 0 unspecified atom stereocenters. The molecule has 1 heterocycles. The summed E-state index contributed by atoms with van der Waals surface area (Å²) >= 11 is 0. The lowest BCUT2D eigenvalue weighted by atomic mass is 9.97. The number of benzene rings is 2. The summed E-state index contributed by atoms with van der Waals surface area (Å²) in [7, 11) is 0. The molecule has 164 valence electrons. The van der Waals surface area contributed by atoms with E-state index in [1.54, 1.807) is 13.8 Å². The Morgan fingerprint density at radius 2 is 1.81 bits per heavy atom. The smallest absolute Gasteiger partial charge is 0.508 e. The number of aliphatic hydroxyl groups is 1. The number of carbonyl (C=O) groups is 2. The van der Waals surface area contributed by atoms with Crippen molar-refractivity contribution < 1.29 is 37.7 Å². The standard InChI is InChI=1S/C21H19F3N2O5/c1-11(19(29)25-10-27)18-12(2)26(17-8-5-14(28)9-16(17)18)20(30)13-3-6-15(7-4-13)31-21(22,23)24/h3-9,11,27-28H,10H2,1-2H3,(H,25,29)/t11-/m1/s1. The second-order valence-corrected chi connectivity index (χ2v) is 6.83. The summed E-state index contributed by atoms with van der Waals surface area (Å²) < 4.78 is 42.2. The molecule has 1 aromatic heterocycles. The molecule has 0 saturated heterocycles. The lowest BCUT2D eigenvalue weighted by molar-refractivity contribution is -0.274. The van der Waals surface area contributed by atoms with Gasteiger partial charge in [0.25, 0.3) is 5.91 Å². The van der Waals surface area contributed by atoms with Gasteiger partial charge >= 0.3 is 6.36 Å². The molecule has 1 atom stereocenters. The van der Waals surface area contributed by atoms with Crippen molar-refractivity contribution in [1.82, 2.24) is 9.88 Å². The Kier molecular flexibility index (Phi) is 5.94. The average Bonchev–Trinajstić information content (AvgIpc) is 2.97. The molecule has 2 aromatic carbocycles. The number of phenols is 1. The molecule has 0 spiro atoms. The van der Waals surface area contributed by atoms with Gasteiger partial charge in [0.05, 0.1) is 11.4 Å². The van der Waals surface area contributed by atoms with Gasteiger partial charge < -0.3 is 20.3 Å². The third-order valence-electron chi connectivity index (χ3n) is 4.85. The van der Waals surface area contributed by atoms with Gasteiger partial charge in [0.1, 0.15) is 18.2 Å². The molecule has 0 aliphatic rings. The van der Waals surface area contributed by atoms with Gasteiger partial charge in [-0.05, 0) is 61.9 Å². The Morgan fingerprint density at radius 1 is 1.16 bits per heavy atom. The van der Waals surface area contributed by atoms with E-state index in [4.69, 9.17) is 5.11 Å². The number of halogens is 3. The van der Waals surface area contributed by atoms with E-state index in [1.807, 2.05) is 0 Å². The van der Waals surface area contributed by atoms with Crippen LogP contribution in [0.2, 0.25) is 0 Å². The topological polar surface area (TPSA) is 101 Å². The molecule has 3 N–H and O–H groups in total. The predicted molar refractivity (Wildman–Crippen MR) is 105 cm³/mol. The molecule has 7 nitrogen and oxygen atoms in total. The zero-order valence-corrected chi connectivity index (χ0v) is 16.5. The lowest BCUT2D eigenvalue weighted by Crippen LogP contribution is -2.29. The average molecular weight is 436 g/mol. The second kappa shape index (κ2) is 8.31. The van der Waals surface area contributed by atoms with E-state index >= 15 is 0 Å². The minimum Gasteiger partial charge on any atom is -0.508 e. The first-order valence-electron chi connectivity index (χ1n) is 9.16. The van der Waals surface area contributed by atoms with Crippen molar-refractivity contribution in [2.24, 2.45) is 0 Å². The maximum Gasteiger partial charge on any atom is 0.573 e. The van der Waals surface area contributed by atoms with Crippen LogP contribution in [0.1, 0.15) is 34.5 Å². The number of aromatic nitrogens is 1. The largest absolute Gasteiger partial charge is 0.573 e. The van der Waals surface area contributed by atoms with Gasteiger partial charge in [0, 0.05) is 16.6 Å². The Balaban J connectivity index is 2.09. The fraction of sp³-hybridized carbons (Fsp3) is 0.238. The molecule has 3 aromatic rings. The summed E-state index contributed by atoms with van der Waals surface area (Å²) in [5, 5.41) is 21.7. The third-order valence-corrected chi connectivity index (χ3v) is 4.85. The van der Waals surface area contributed by atoms with Gasteiger partial charge in [0.2, 0.25) is 5.91 Å². The minimum absolute atomic E-state index is 0.0678. The Labute approximate surface area is 174 Å². The Hall–Kier alpha value is -3.53. The zero-order valence-electron chi connectivity index (χ0n) is 16.5. The molecule has 0 bridgehead atoms. The number of carbonyl (C=O) groups excluding carboxylic acids is 2. The number of aromatic hydroxyl groups is 1. The highest BCUT2D eigenvalue weighted by atomic mass is 19.4. The fourth-order valence-corrected chi connectivity index (χ4v) is 3.53. The molecule has 31 heavy (non-hydrogen) atoms. The minimum atomic E-state index is -4.85. The van der Waals surface area contributed by atoms with Gasteiger partial charge in [-0.15, -0.1) is 13.2 Å². The third kappa shape index (κ3) is 4.48. The van der Waals surface area contributed by atoms with Gasteiger partial charge in [-0.1, -0.05) is 0 Å². The quantitative estimate of drug-likeness (QED) is 0.532. The van der Waals surface area contributed by atoms with Crippen LogP contribution < -0.4 is 10.1 Å². The summed E-state index contributed by atoms with van der Waals surface area (Å²) in [5.74, 6) is -2.30. The molecule has 10 heteroatoms. The van der Waals surface area contributed by atoms with Crippen LogP contribution in [0.5, 0.6) is 11.5 Å². The van der Waals surface area contributed by atoms with Crippen LogP contribution in [0, 0.1) is 6.92 Å². The van der Waals surface area contributed by atoms with E-state index < -0.39 is 36.6 Å². The van der Waals surface area contributed by atoms with Crippen LogP contribution in [0.25, 0.3) is 10.9 Å². The van der Waals surface area contributed by atoms with Crippen molar-refractivity contribution >= 4 is 22.7 Å². The van der Waals surface area contributed by atoms with Crippen LogP contribution in [-0.2, 0) is 4.79 Å². The first-order chi connectivity index (χ1) is 14.5. The first kappa shape index (κ1) is 22.2. The monoisotopic (exact) mass is 436 g/mol. The van der Waals surface area contributed by atoms with E-state index in [0.29, 0.717) is 22.2 Å². The summed E-state index contributed by atoms with van der Waals surface area (Å²) in [6, 6.07) is 8.79. The highest BCUT2D eigenvalue weighted by Gasteiger charge is 2.31. The number of rotatable bonds is 5. The van der Waals surface area contributed by atoms with Crippen LogP contribution in [0.4, 0.5) is 13.2 Å². The predicted octanol–water partition coefficient (Wildman–Crippen LogP) is 3.41. The van der Waals surface area contributed by atoms with Gasteiger partial charge in [-0.25, -0.2) is 0 Å². The number of hydrogen-bond acceptors (Lipinski definition) is 5. The van der Waals surface area contributed by atoms with Crippen molar-refractivity contribution in [1.29, 1.82) is 0 Å². The first-order valence-corrected chi connectivity index (χ1v) is 9.16. The number of phenolic OH excluding ortho intramolecular Hbond substituents is 1. The number of nitrogens with one attached hydrogen (secondary N) is 1. The highest BCUT2D eigenvalue weighted by Crippen LogP contribution is 2.35. The van der Waals surface area contributed by atoms with E-state index in [9.17, 15) is 27.9 Å². The van der Waals surface area contributed by atoms with Crippen LogP contribution >= 0.6 is 0 Å². The van der Waals surface area contributed by atoms with Gasteiger partial charge in [-0.2, -0.15) is 0 Å². The summed E-state index contributed by atoms with van der Waals surface area (Å²) in [5.41, 5.74) is 1.40. The van der Waals surface area contributed by atoms with Crippen LogP contribution in [0.3, 0.4) is 0 Å². The molecule has 3 rings (SSSR count). The second-order valence-electron chi connectivity index (χ2n) is 6.83. The molecular weight excluding hydrogens is 417 g/mol. The zero-order chi connectivity index (χ0) is 22.9. The maximum absolute atomic E-state index is 13.2. The number of ether oxygens (including phenoxy) is 1. The number of alkyl halides is 3. The van der Waals surface area contributed by atoms with Gasteiger partial charge in [-0.3, -0.25) is 14.2 Å². The molecule has 0 saturated carbocycles. The van der Waals surface area contributed by atoms with Gasteiger partial charge in [0.15, 0.2) is 0 Å².